The molecule has 2 N–H and O–H groups in total. The van der Waals surface area contributed by atoms with E-state index in [-0.39, 0.29) is 25.8 Å². The molecule has 0 aliphatic rings. The molecule has 2 amide bonds. The molecule has 0 spiro atoms. The molecule has 0 aromatic heterocycles. The predicted octanol–water partition coefficient (Wildman–Crippen LogP) is -0.571. The maximum Gasteiger partial charge on any atom is 0.405 e. The van der Waals surface area contributed by atoms with E-state index in [0.717, 1.165) is 0 Å². The van der Waals surface area contributed by atoms with Crippen molar-refractivity contribution in [3.8, 4) is 0 Å². The first-order chi connectivity index (χ1) is 6.20. The van der Waals surface area contributed by atoms with E-state index in [1.807, 2.05) is 0 Å². The monoisotopic (exact) mass is 722 g/mol. The molecule has 0 heterocycles. The smallest absolute Gasteiger partial charge is 0.405 e. The number of hydrogen-bond donors (Lipinski definition) is 2. The second kappa shape index (κ2) is 10.7. The molecule has 0 radical (unpaired) electrons. The number of nitrogens with one attached hydrogen (secondary N) is 2. The van der Waals surface area contributed by atoms with Gasteiger partial charge in [-0.1, -0.05) is 0 Å². The van der Waals surface area contributed by atoms with Crippen LogP contribution in [-0.2, 0) is 14.3 Å². The average Bonchev–Trinajstić information content (AvgIpc) is 2.05. The molecule has 0 saturated carbocycles. The number of ether oxygens (including phenoxy) is 2. The fraction of sp³-hybridized carbons (Fsp3) is 0.429. The maximum atomic E-state index is 10.7. The zero-order chi connectivity index (χ0) is 10.1. The number of rotatable bonds is 5. The summed E-state index contributed by atoms with van der Waals surface area (Å²) in [6.45, 7) is 3.18. The third-order valence-corrected chi connectivity index (χ3v) is 0.985. The molecule has 0 rings (SSSR count). The van der Waals surface area contributed by atoms with Gasteiger partial charge < -0.3 is 27.0 Å². The van der Waals surface area contributed by atoms with Crippen LogP contribution in [-0.4, -0.2) is 31.9 Å². The van der Waals surface area contributed by atoms with Crippen molar-refractivity contribution in [3.05, 3.63) is 14.0 Å². The third kappa shape index (κ3) is 10.7. The molecule has 0 atom stereocenters. The summed E-state index contributed by atoms with van der Waals surface area (Å²) in [5.74, 6) is -0.370. The molecule has 0 aliphatic carbocycles. The first-order valence-electron chi connectivity index (χ1n) is 3.54. The van der Waals surface area contributed by atoms with Gasteiger partial charge in [-0.2, -0.15) is 0 Å². The van der Waals surface area contributed by atoms with E-state index in [1.54, 1.807) is 0 Å². The minimum absolute atomic E-state index is 0. The molecular weight excluding hydrogens is 710 g/mol. The third-order valence-electron chi connectivity index (χ3n) is 0.985. The quantitative estimate of drug-likeness (QED) is 0.295. The van der Waals surface area contributed by atoms with Crippen LogP contribution in [0.4, 0.5) is 4.79 Å². The molecule has 0 aromatic carbocycles. The van der Waals surface area contributed by atoms with Gasteiger partial charge in [0.2, 0.25) is 5.91 Å². The van der Waals surface area contributed by atoms with Crippen molar-refractivity contribution in [3.63, 3.8) is 0 Å². The van der Waals surface area contributed by atoms with Gasteiger partial charge in [-0.05, 0) is 6.61 Å². The van der Waals surface area contributed by atoms with Gasteiger partial charge in [0.1, 0.15) is 0 Å². The summed E-state index contributed by atoms with van der Waals surface area (Å²) >= 11 is 0. The minimum Gasteiger partial charge on any atom is -0.548 e. The molecule has 0 aromatic rings. The standard InChI is InChI=1S/C7H12N2O4.2Rf/c1-3-13-7(11)9-5-8-6(10)4-12-2;;/h1-5H2,(H,8,10)(H,9,11);;/q-2;;. The van der Waals surface area contributed by atoms with Crippen LogP contribution in [0.2, 0.25) is 0 Å². The molecule has 80 valence electrons. The predicted molar refractivity (Wildman–Crippen MR) is 44.2 cm³/mol. The number of alkyl carbamates (subject to hydrolysis) is 1. The first kappa shape index (κ1) is 17.7. The first-order valence-corrected chi connectivity index (χ1v) is 3.54. The Labute approximate surface area is 76.6 Å². The second-order valence-electron chi connectivity index (χ2n) is 1.94. The van der Waals surface area contributed by atoms with E-state index in [9.17, 15) is 9.59 Å². The Morgan fingerprint density at radius 1 is 1.20 bits per heavy atom. The van der Waals surface area contributed by atoms with Gasteiger partial charge in [-0.3, -0.25) is 4.79 Å². The van der Waals surface area contributed by atoms with Crippen LogP contribution in [0.15, 0.2) is 0 Å². The van der Waals surface area contributed by atoms with E-state index >= 15 is 0 Å². The van der Waals surface area contributed by atoms with E-state index in [0.29, 0.717) is 0 Å². The normalized spacial score (nSPS) is 7.87. The van der Waals surface area contributed by atoms with Crippen LogP contribution in [0.1, 0.15) is 0 Å². The summed E-state index contributed by atoms with van der Waals surface area (Å²) in [6.07, 6.45) is -0.633. The molecule has 8 heteroatoms. The van der Waals surface area contributed by atoms with Crippen molar-refractivity contribution in [2.24, 2.45) is 0 Å². The zero-order valence-corrected chi connectivity index (χ0v) is 21.4. The van der Waals surface area contributed by atoms with Crippen LogP contribution < -0.4 is 10.6 Å². The molecule has 6 nitrogen and oxygen atoms in total. The summed E-state index contributed by atoms with van der Waals surface area (Å²) < 4.78 is 8.72. The molecule has 0 bridgehead atoms. The van der Waals surface area contributed by atoms with Gasteiger partial charge in [0, 0.05) is 0 Å². The molecule has 0 saturated heterocycles. The van der Waals surface area contributed by atoms with Crippen molar-refractivity contribution < 1.29 is 19.1 Å². The molecule has 0 unspecified atom stereocenters. The summed E-state index contributed by atoms with van der Waals surface area (Å²) in [5.41, 5.74) is 0. The van der Waals surface area contributed by atoms with Gasteiger partial charge in [0.15, 0.2) is 0 Å². The Hall–Kier alpha value is -3.30. The van der Waals surface area contributed by atoms with Crippen molar-refractivity contribution in [2.45, 2.75) is 0 Å². The van der Waals surface area contributed by atoms with Crippen LogP contribution in [0.5, 0.6) is 0 Å². The van der Waals surface area contributed by atoms with E-state index in [2.05, 4.69) is 34.1 Å². The minimum atomic E-state index is -0.633. The maximum absolute atomic E-state index is 10.7. The van der Waals surface area contributed by atoms with Crippen molar-refractivity contribution >= 4 is 12.0 Å². The average molecular weight is 722 g/mol. The van der Waals surface area contributed by atoms with E-state index < -0.39 is 6.09 Å². The second-order valence-corrected chi connectivity index (χ2v) is 1.94. The number of carbonyl (C=O) groups excluding carboxylic acids is 2. The number of amides is 2. The van der Waals surface area contributed by atoms with Gasteiger partial charge in [-0.25, -0.2) is 11.9 Å². The topological polar surface area (TPSA) is 76.7 Å². The Balaban J connectivity index is -0.000000720. The molecule has 0 aliphatic heterocycles. The van der Waals surface area contributed by atoms with Gasteiger partial charge in [0.05, 0.1) is 13.3 Å². The summed E-state index contributed by atoms with van der Waals surface area (Å²) in [6, 6.07) is 0. The van der Waals surface area contributed by atoms with Crippen molar-refractivity contribution in [2.75, 3.05) is 19.9 Å². The van der Waals surface area contributed by atoms with E-state index in [1.165, 1.54) is 0 Å². The fourth-order valence-corrected chi connectivity index (χ4v) is 0.502. The Kier molecular flexibility index (Phi) is 12.6. The van der Waals surface area contributed by atoms with E-state index in [4.69, 9.17) is 0 Å². The van der Waals surface area contributed by atoms with Crippen LogP contribution >= 0.6 is 0 Å². The molecular formula is C7H12N2O4Rf2-2. The number of hydrogen-bond acceptors (Lipinski definition) is 4. The fourth-order valence-electron chi connectivity index (χ4n) is 0.502. The van der Waals surface area contributed by atoms with Crippen LogP contribution in [0.25, 0.3) is 0 Å². The van der Waals surface area contributed by atoms with Crippen molar-refractivity contribution in [1.29, 1.82) is 0 Å². The van der Waals surface area contributed by atoms with Gasteiger partial charge in [0.25, 0.3) is 0 Å². The molecule has 15 heavy (non-hydrogen) atoms. The summed E-state index contributed by atoms with van der Waals surface area (Å²) in [7, 11) is 3.02. The molecule has 0 fully saturated rings. The van der Waals surface area contributed by atoms with Gasteiger partial charge in [-0.15, -0.1) is 0 Å². The summed E-state index contributed by atoms with van der Waals surface area (Å²) in [5, 5.41) is 4.60. The SMILES string of the molecule is [CH2-]COC(=O)NCNC(=O)CO[CH2-].[Rf].[Rf]. The Morgan fingerprint density at radius 3 is 2.27 bits per heavy atom. The Bertz CT molecular complexity index is 162. The zero-order valence-electron chi connectivity index (χ0n) is 8.58. The summed E-state index contributed by atoms with van der Waals surface area (Å²) in [4.78, 5) is 21.3. The van der Waals surface area contributed by atoms with Crippen LogP contribution in [0.3, 0.4) is 0 Å². The number of carbonyl (C=O) groups is 2. The van der Waals surface area contributed by atoms with Gasteiger partial charge >= 0.3 is 6.09 Å². The van der Waals surface area contributed by atoms with Crippen molar-refractivity contribution in [1.82, 2.24) is 10.6 Å². The largest absolute Gasteiger partial charge is 0.548 e. The van der Waals surface area contributed by atoms with Crippen LogP contribution in [0, 0.1) is 14.0 Å². The Morgan fingerprint density at radius 2 is 1.80 bits per heavy atom.